The van der Waals surface area contributed by atoms with Gasteiger partial charge in [-0.25, -0.2) is 4.98 Å². The lowest BCUT2D eigenvalue weighted by Gasteiger charge is -2.37. The summed E-state index contributed by atoms with van der Waals surface area (Å²) in [5.41, 5.74) is 2.97. The van der Waals surface area contributed by atoms with Crippen LogP contribution in [0.15, 0.2) is 36.5 Å². The van der Waals surface area contributed by atoms with Crippen LogP contribution in [-0.2, 0) is 0 Å². The molecule has 3 N–H and O–H groups in total. The van der Waals surface area contributed by atoms with E-state index in [0.29, 0.717) is 30.2 Å². The summed E-state index contributed by atoms with van der Waals surface area (Å²) in [6.07, 6.45) is 2.46. The molecule has 2 aromatic heterocycles. The maximum Gasteiger partial charge on any atom is 0.225 e. The first kappa shape index (κ1) is 22.1. The van der Waals surface area contributed by atoms with Gasteiger partial charge in [-0.3, -0.25) is 4.98 Å². The van der Waals surface area contributed by atoms with E-state index in [-0.39, 0.29) is 6.04 Å². The number of nitrogens with one attached hydrogen (secondary N) is 1. The Morgan fingerprint density at radius 2 is 1.67 bits per heavy atom. The Hall–Kier alpha value is -2.68. The molecule has 0 bridgehead atoms. The number of hydrogen-bond acceptors (Lipinski definition) is 8. The fourth-order valence-corrected chi connectivity index (χ4v) is 5.06. The van der Waals surface area contributed by atoms with Crippen LogP contribution in [-0.4, -0.2) is 69.6 Å². The number of hydrogen-bond donors (Lipinski definition) is 3. The quantitative estimate of drug-likeness (QED) is 0.537. The molecule has 1 saturated heterocycles. The van der Waals surface area contributed by atoms with E-state index in [2.05, 4.69) is 31.2 Å². The Morgan fingerprint density at radius 3 is 2.42 bits per heavy atom. The zero-order chi connectivity index (χ0) is 22.9. The number of nitrogens with zero attached hydrogens (tertiary/aromatic N) is 5. The van der Waals surface area contributed by atoms with Crippen molar-refractivity contribution >= 4 is 40.0 Å². The van der Waals surface area contributed by atoms with Gasteiger partial charge in [-0.15, -0.1) is 0 Å². The van der Waals surface area contributed by atoms with Gasteiger partial charge in [-0.1, -0.05) is 11.6 Å². The molecule has 1 aromatic carbocycles. The predicted molar refractivity (Wildman–Crippen MR) is 131 cm³/mol. The van der Waals surface area contributed by atoms with E-state index >= 15 is 0 Å². The summed E-state index contributed by atoms with van der Waals surface area (Å²) in [5.74, 6) is 1.45. The van der Waals surface area contributed by atoms with Gasteiger partial charge in [0.25, 0.3) is 0 Å². The Kier molecular flexibility index (Phi) is 6.23. The fraction of sp³-hybridized carbons (Fsp3) is 0.458. The van der Waals surface area contributed by atoms with Crippen molar-refractivity contribution in [1.82, 2.24) is 15.0 Å². The zero-order valence-corrected chi connectivity index (χ0v) is 19.4. The van der Waals surface area contributed by atoms with Crippen LogP contribution in [0.5, 0.6) is 0 Å². The number of aromatic nitrogens is 3. The number of rotatable bonds is 4. The highest BCUT2D eigenvalue weighted by Crippen LogP contribution is 2.29. The zero-order valence-electron chi connectivity index (χ0n) is 18.7. The molecule has 0 amide bonds. The summed E-state index contributed by atoms with van der Waals surface area (Å²) >= 11 is 6.14. The van der Waals surface area contributed by atoms with Crippen molar-refractivity contribution in [3.63, 3.8) is 0 Å². The molecule has 2 unspecified atom stereocenters. The SMILES string of the molecule is Cc1cc(N2CCN(c3ccnc4cc(Cl)ccc34)CC2)nc(NC2CC(O)CC(O)C2)n1. The van der Waals surface area contributed by atoms with Crippen molar-refractivity contribution in [2.75, 3.05) is 41.3 Å². The number of halogens is 1. The third-order valence-corrected chi connectivity index (χ3v) is 6.69. The monoisotopic (exact) mass is 468 g/mol. The van der Waals surface area contributed by atoms with Crippen LogP contribution in [0.25, 0.3) is 10.9 Å². The molecular formula is C24H29ClN6O2. The highest BCUT2D eigenvalue weighted by molar-refractivity contribution is 6.31. The second-order valence-electron chi connectivity index (χ2n) is 9.01. The second-order valence-corrected chi connectivity index (χ2v) is 9.45. The average Bonchev–Trinajstić information content (AvgIpc) is 2.77. The number of aliphatic hydroxyl groups excluding tert-OH is 2. The molecule has 0 radical (unpaired) electrons. The van der Waals surface area contributed by atoms with Crippen molar-refractivity contribution in [2.45, 2.75) is 44.4 Å². The van der Waals surface area contributed by atoms with Gasteiger partial charge in [0.1, 0.15) is 5.82 Å². The number of benzene rings is 1. The van der Waals surface area contributed by atoms with Gasteiger partial charge in [0.2, 0.25) is 5.95 Å². The van der Waals surface area contributed by atoms with E-state index in [1.54, 1.807) is 0 Å². The molecule has 8 nitrogen and oxygen atoms in total. The van der Waals surface area contributed by atoms with Gasteiger partial charge in [0.15, 0.2) is 0 Å². The topological polar surface area (TPSA) is 97.6 Å². The summed E-state index contributed by atoms with van der Waals surface area (Å²) in [5, 5.41) is 25.1. The van der Waals surface area contributed by atoms with E-state index in [0.717, 1.165) is 48.6 Å². The summed E-state index contributed by atoms with van der Waals surface area (Å²) in [6, 6.07) is 9.89. The minimum atomic E-state index is -0.496. The normalized spacial score (nSPS) is 23.7. The fourth-order valence-electron chi connectivity index (χ4n) is 4.90. The van der Waals surface area contributed by atoms with Gasteiger partial charge in [0.05, 0.1) is 17.7 Å². The lowest BCUT2D eigenvalue weighted by molar-refractivity contribution is 0.0351. The molecule has 174 valence electrons. The van der Waals surface area contributed by atoms with Gasteiger partial charge in [-0.2, -0.15) is 4.98 Å². The number of fused-ring (bicyclic) bond motifs is 1. The molecule has 9 heteroatoms. The summed E-state index contributed by atoms with van der Waals surface area (Å²) in [7, 11) is 0. The first-order valence-corrected chi connectivity index (χ1v) is 11.8. The standard InChI is InChI=1S/C24H29ClN6O2/c1-15-10-23(29-24(27-15)28-17-12-18(32)14-19(33)13-17)31-8-6-30(7-9-31)22-4-5-26-21-11-16(25)2-3-20(21)22/h2-5,10-11,17-19,32-33H,6-9,12-14H2,1H3,(H,27,28,29). The van der Waals surface area contributed by atoms with Crippen LogP contribution in [0, 0.1) is 6.92 Å². The van der Waals surface area contributed by atoms with Crippen molar-refractivity contribution in [2.24, 2.45) is 0 Å². The van der Waals surface area contributed by atoms with Crippen LogP contribution in [0.1, 0.15) is 25.0 Å². The Bertz CT molecular complexity index is 1130. The number of aryl methyl sites for hydroxylation is 1. The third kappa shape index (κ3) is 4.98. The predicted octanol–water partition coefficient (Wildman–Crippen LogP) is 3.00. The second kappa shape index (κ2) is 9.29. The molecule has 5 rings (SSSR count). The molecule has 3 heterocycles. The van der Waals surface area contributed by atoms with Gasteiger partial charge >= 0.3 is 0 Å². The van der Waals surface area contributed by atoms with Crippen molar-refractivity contribution < 1.29 is 10.2 Å². The summed E-state index contributed by atoms with van der Waals surface area (Å²) in [4.78, 5) is 18.4. The molecule has 33 heavy (non-hydrogen) atoms. The van der Waals surface area contributed by atoms with E-state index in [9.17, 15) is 10.2 Å². The van der Waals surface area contributed by atoms with Crippen LogP contribution in [0.2, 0.25) is 5.02 Å². The van der Waals surface area contributed by atoms with E-state index in [4.69, 9.17) is 16.6 Å². The van der Waals surface area contributed by atoms with Crippen molar-refractivity contribution in [1.29, 1.82) is 0 Å². The Morgan fingerprint density at radius 1 is 0.939 bits per heavy atom. The first-order chi connectivity index (χ1) is 15.9. The van der Waals surface area contributed by atoms with E-state index in [1.165, 1.54) is 5.69 Å². The molecule has 2 atom stereocenters. The molecular weight excluding hydrogens is 440 g/mol. The van der Waals surface area contributed by atoms with Crippen LogP contribution < -0.4 is 15.1 Å². The molecule has 0 spiro atoms. The van der Waals surface area contributed by atoms with Crippen molar-refractivity contribution in [3.05, 3.63) is 47.2 Å². The number of aliphatic hydroxyl groups is 2. The molecule has 2 fully saturated rings. The van der Waals surface area contributed by atoms with Crippen molar-refractivity contribution in [3.8, 4) is 0 Å². The first-order valence-electron chi connectivity index (χ1n) is 11.5. The molecule has 1 aliphatic carbocycles. The smallest absolute Gasteiger partial charge is 0.225 e. The highest BCUT2D eigenvalue weighted by Gasteiger charge is 2.27. The molecule has 1 aliphatic heterocycles. The average molecular weight is 469 g/mol. The number of pyridine rings is 1. The van der Waals surface area contributed by atoms with Gasteiger partial charge in [0, 0.05) is 66.3 Å². The molecule has 2 aliphatic rings. The lowest BCUT2D eigenvalue weighted by Crippen LogP contribution is -2.47. The van der Waals surface area contributed by atoms with Gasteiger partial charge in [-0.05, 0) is 50.5 Å². The van der Waals surface area contributed by atoms with Crippen LogP contribution in [0.3, 0.4) is 0 Å². The third-order valence-electron chi connectivity index (χ3n) is 6.46. The maximum absolute atomic E-state index is 9.98. The highest BCUT2D eigenvalue weighted by atomic mass is 35.5. The van der Waals surface area contributed by atoms with E-state index < -0.39 is 12.2 Å². The van der Waals surface area contributed by atoms with Crippen LogP contribution >= 0.6 is 11.6 Å². The van der Waals surface area contributed by atoms with Crippen LogP contribution in [0.4, 0.5) is 17.5 Å². The summed E-state index contributed by atoms with van der Waals surface area (Å²) in [6.45, 7) is 5.39. The number of piperazine rings is 1. The van der Waals surface area contributed by atoms with Gasteiger partial charge < -0.3 is 25.3 Å². The minimum absolute atomic E-state index is 0.0382. The molecule has 3 aromatic rings. The van der Waals surface area contributed by atoms with E-state index in [1.807, 2.05) is 37.4 Å². The Labute approximate surface area is 198 Å². The maximum atomic E-state index is 9.98. The minimum Gasteiger partial charge on any atom is -0.393 e. The lowest BCUT2D eigenvalue weighted by atomic mass is 9.91. The summed E-state index contributed by atoms with van der Waals surface area (Å²) < 4.78 is 0. The number of anilines is 3. The molecule has 1 saturated carbocycles. The Balaban J connectivity index is 1.28. The largest absolute Gasteiger partial charge is 0.393 e.